The maximum Gasteiger partial charge on any atom is 0.237 e. The molecule has 1 spiro atoms. The predicted molar refractivity (Wildman–Crippen MR) is 127 cm³/mol. The molecule has 0 atom stereocenters. The molecule has 31 heavy (non-hydrogen) atoms. The summed E-state index contributed by atoms with van der Waals surface area (Å²) in [5.74, 6) is 0.630. The third-order valence-electron chi connectivity index (χ3n) is 6.18. The van der Waals surface area contributed by atoms with Gasteiger partial charge in [0.1, 0.15) is 10.9 Å². The van der Waals surface area contributed by atoms with Gasteiger partial charge in [-0.25, -0.2) is 4.98 Å². The minimum Gasteiger partial charge on any atom is -0.341 e. The summed E-state index contributed by atoms with van der Waals surface area (Å²) >= 11 is 9.03. The molecule has 2 amide bonds. The Morgan fingerprint density at radius 2 is 1.90 bits per heavy atom. The van der Waals surface area contributed by atoms with E-state index in [9.17, 15) is 9.59 Å². The van der Waals surface area contributed by atoms with E-state index in [1.807, 2.05) is 21.9 Å². The molecule has 0 bridgehead atoms. The molecule has 8 heteroatoms. The van der Waals surface area contributed by atoms with Gasteiger partial charge in [0.2, 0.25) is 11.8 Å². The van der Waals surface area contributed by atoms with Crippen LogP contribution in [-0.4, -0.2) is 56.2 Å². The Balaban J connectivity index is 1.37. The highest BCUT2D eigenvalue weighted by Gasteiger charge is 2.48. The van der Waals surface area contributed by atoms with Gasteiger partial charge in [-0.05, 0) is 23.6 Å². The van der Waals surface area contributed by atoms with E-state index < -0.39 is 0 Å². The number of likely N-dealkylation sites (tertiary alicyclic amines) is 1. The van der Waals surface area contributed by atoms with Crippen LogP contribution >= 0.6 is 34.7 Å². The molecule has 5 rings (SSSR count). The number of rotatable bonds is 4. The van der Waals surface area contributed by atoms with Gasteiger partial charge in [0, 0.05) is 24.0 Å². The third kappa shape index (κ3) is 3.83. The van der Waals surface area contributed by atoms with Crippen LogP contribution in [0.4, 0.5) is 0 Å². The molecular formula is C23H22ClN3O2S2. The second-order valence-electron chi connectivity index (χ2n) is 7.88. The van der Waals surface area contributed by atoms with E-state index >= 15 is 0 Å². The first-order chi connectivity index (χ1) is 15.1. The van der Waals surface area contributed by atoms with Gasteiger partial charge >= 0.3 is 0 Å². The predicted octanol–water partition coefficient (Wildman–Crippen LogP) is 4.60. The summed E-state index contributed by atoms with van der Waals surface area (Å²) in [6.45, 7) is 1.80. The van der Waals surface area contributed by atoms with Crippen molar-refractivity contribution in [2.75, 3.05) is 24.7 Å². The van der Waals surface area contributed by atoms with E-state index in [4.69, 9.17) is 16.6 Å². The van der Waals surface area contributed by atoms with E-state index in [1.54, 1.807) is 23.1 Å². The summed E-state index contributed by atoms with van der Waals surface area (Å²) in [4.78, 5) is 33.1. The van der Waals surface area contributed by atoms with Crippen LogP contribution in [-0.2, 0) is 16.1 Å². The van der Waals surface area contributed by atoms with Gasteiger partial charge in [-0.2, -0.15) is 0 Å². The van der Waals surface area contributed by atoms with E-state index in [2.05, 4.69) is 35.7 Å². The molecule has 0 aliphatic carbocycles. The number of piperidine rings is 1. The number of thiazole rings is 1. The monoisotopic (exact) mass is 471 g/mol. The number of aromatic nitrogens is 1. The highest BCUT2D eigenvalue weighted by atomic mass is 35.5. The number of hydrogen-bond donors (Lipinski definition) is 0. The van der Waals surface area contributed by atoms with E-state index in [1.165, 1.54) is 10.8 Å². The summed E-state index contributed by atoms with van der Waals surface area (Å²) in [6.07, 6.45) is 1.54. The van der Waals surface area contributed by atoms with Crippen molar-refractivity contribution in [2.24, 2.45) is 0 Å². The van der Waals surface area contributed by atoms with Crippen LogP contribution in [0.15, 0.2) is 47.8 Å². The Labute approximate surface area is 194 Å². The van der Waals surface area contributed by atoms with Crippen molar-refractivity contribution in [2.45, 2.75) is 24.3 Å². The second kappa shape index (κ2) is 8.45. The lowest BCUT2D eigenvalue weighted by atomic mass is 10.0. The number of fused-ring (bicyclic) bond motifs is 1. The molecule has 0 N–H and O–H groups in total. The average Bonchev–Trinajstić information content (AvgIpc) is 3.40. The molecule has 2 aliphatic rings. The first kappa shape index (κ1) is 20.8. The molecule has 3 aromatic rings. The summed E-state index contributed by atoms with van der Waals surface area (Å²) in [5, 5.41) is 5.40. The fraction of sp³-hybridized carbons (Fsp3) is 0.348. The van der Waals surface area contributed by atoms with Crippen LogP contribution in [0.1, 0.15) is 17.8 Å². The Bertz CT molecular complexity index is 1140. The van der Waals surface area contributed by atoms with E-state index in [-0.39, 0.29) is 22.6 Å². The number of thioether (sulfide) groups is 1. The molecule has 2 aliphatic heterocycles. The average molecular weight is 472 g/mol. The lowest BCUT2D eigenvalue weighted by Crippen LogP contribution is -2.52. The number of alkyl halides is 1. The highest BCUT2D eigenvalue weighted by Crippen LogP contribution is 2.45. The zero-order valence-corrected chi connectivity index (χ0v) is 19.3. The zero-order chi connectivity index (χ0) is 21.4. The van der Waals surface area contributed by atoms with Gasteiger partial charge < -0.3 is 9.80 Å². The normalized spacial score (nSPS) is 18.3. The van der Waals surface area contributed by atoms with Crippen LogP contribution in [0, 0.1) is 0 Å². The maximum atomic E-state index is 12.8. The molecule has 2 saturated heterocycles. The Kier molecular flexibility index (Phi) is 5.67. The van der Waals surface area contributed by atoms with Crippen molar-refractivity contribution >= 4 is 57.3 Å². The number of hydrogen-bond acceptors (Lipinski definition) is 5. The van der Waals surface area contributed by atoms with Crippen molar-refractivity contribution in [3.63, 3.8) is 0 Å². The quantitative estimate of drug-likeness (QED) is 0.522. The largest absolute Gasteiger partial charge is 0.341 e. The van der Waals surface area contributed by atoms with Crippen molar-refractivity contribution < 1.29 is 9.59 Å². The van der Waals surface area contributed by atoms with Crippen LogP contribution in [0.3, 0.4) is 0 Å². The lowest BCUT2D eigenvalue weighted by molar-refractivity contribution is -0.134. The van der Waals surface area contributed by atoms with E-state index in [0.29, 0.717) is 25.4 Å². The summed E-state index contributed by atoms with van der Waals surface area (Å²) in [5.41, 5.74) is 2.07. The lowest BCUT2D eigenvalue weighted by Gasteiger charge is -2.43. The smallest absolute Gasteiger partial charge is 0.237 e. The highest BCUT2D eigenvalue weighted by molar-refractivity contribution is 8.01. The Hall–Kier alpha value is -2.09. The van der Waals surface area contributed by atoms with Gasteiger partial charge in [0.25, 0.3) is 0 Å². The van der Waals surface area contributed by atoms with Gasteiger partial charge in [-0.3, -0.25) is 9.59 Å². The summed E-state index contributed by atoms with van der Waals surface area (Å²) < 4.78 is 0. The number of nitrogens with zero attached hydrogens (tertiary/aromatic N) is 3. The van der Waals surface area contributed by atoms with Crippen LogP contribution in [0.5, 0.6) is 0 Å². The Morgan fingerprint density at radius 3 is 2.71 bits per heavy atom. The number of benzene rings is 2. The first-order valence-electron chi connectivity index (χ1n) is 10.3. The summed E-state index contributed by atoms with van der Waals surface area (Å²) in [7, 11) is 0. The molecular weight excluding hydrogens is 450 g/mol. The van der Waals surface area contributed by atoms with Gasteiger partial charge in [0.05, 0.1) is 22.9 Å². The second-order valence-corrected chi connectivity index (χ2v) is 10.4. The minimum atomic E-state index is -0.245. The minimum absolute atomic E-state index is 0.0127. The van der Waals surface area contributed by atoms with Gasteiger partial charge in [0.15, 0.2) is 0 Å². The van der Waals surface area contributed by atoms with Crippen molar-refractivity contribution in [1.29, 1.82) is 0 Å². The fourth-order valence-electron chi connectivity index (χ4n) is 4.51. The summed E-state index contributed by atoms with van der Waals surface area (Å²) in [6, 6.07) is 14.6. The molecule has 2 aromatic carbocycles. The van der Waals surface area contributed by atoms with Crippen molar-refractivity contribution in [1.82, 2.24) is 14.8 Å². The molecule has 0 unspecified atom stereocenters. The first-order valence-corrected chi connectivity index (χ1v) is 12.7. The molecule has 160 valence electrons. The molecule has 1 aromatic heterocycles. The zero-order valence-electron chi connectivity index (χ0n) is 16.9. The number of carbonyl (C=O) groups excluding carboxylic acids is 2. The van der Waals surface area contributed by atoms with Gasteiger partial charge in [-0.1, -0.05) is 42.5 Å². The number of carbonyl (C=O) groups is 2. The topological polar surface area (TPSA) is 53.5 Å². The van der Waals surface area contributed by atoms with Crippen LogP contribution in [0.2, 0.25) is 0 Å². The van der Waals surface area contributed by atoms with Crippen LogP contribution in [0.25, 0.3) is 22.0 Å². The third-order valence-corrected chi connectivity index (χ3v) is 8.80. The SMILES string of the molecule is O=C(CCl)N1CCC2(CC1)SCC(=O)N2Cc1nc(-c2cccc3ccccc23)cs1. The molecule has 3 heterocycles. The van der Waals surface area contributed by atoms with Gasteiger partial charge in [-0.15, -0.1) is 34.7 Å². The van der Waals surface area contributed by atoms with Crippen LogP contribution < -0.4 is 0 Å². The van der Waals surface area contributed by atoms with Crippen molar-refractivity contribution in [3.8, 4) is 11.3 Å². The molecule has 0 saturated carbocycles. The number of amides is 2. The fourth-order valence-corrected chi connectivity index (χ4v) is 6.80. The molecule has 2 fully saturated rings. The molecule has 5 nitrogen and oxygen atoms in total. The van der Waals surface area contributed by atoms with Crippen molar-refractivity contribution in [3.05, 3.63) is 52.9 Å². The molecule has 0 radical (unpaired) electrons. The Morgan fingerprint density at radius 1 is 1.13 bits per heavy atom. The maximum absolute atomic E-state index is 12.8. The number of halogens is 1. The standard InChI is InChI=1S/C23H22ClN3O2S2/c24-12-21(28)26-10-8-23(9-11-26)27(22(29)15-31-23)13-20-25-19(14-30-20)18-7-3-5-16-4-1-2-6-17(16)18/h1-7,14H,8-13,15H2. The van der Waals surface area contributed by atoms with E-state index in [0.717, 1.165) is 29.1 Å².